The van der Waals surface area contributed by atoms with E-state index in [4.69, 9.17) is 57.3 Å². The molecule has 6 aliphatic rings. The van der Waals surface area contributed by atoms with E-state index in [1.165, 1.54) is 31.9 Å². The maximum absolute atomic E-state index is 6.23. The molecule has 11 aromatic rings. The molecule has 9 aromatic heterocycles. The smallest absolute Gasteiger partial charge is 0.399 e. The van der Waals surface area contributed by atoms with E-state index in [1.807, 2.05) is 120 Å². The number of aromatic nitrogens is 13. The number of hydrogen-bond acceptors (Lipinski definition) is 25. The summed E-state index contributed by atoms with van der Waals surface area (Å²) in [6.45, 7) is 44.4. The molecule has 622 valence electrons. The Kier molecular flexibility index (Phi) is 30.5. The number of likely N-dealkylation sites (N-methyl/N-ethyl adjacent to an activating group) is 5. The highest BCUT2D eigenvalue weighted by molar-refractivity contribution is 6.62. The van der Waals surface area contributed by atoms with Gasteiger partial charge >= 0.3 is 7.12 Å². The van der Waals surface area contributed by atoms with Gasteiger partial charge in [0.2, 0.25) is 11.9 Å². The van der Waals surface area contributed by atoms with Crippen molar-refractivity contribution in [2.75, 3.05) is 178 Å². The molecule has 0 bridgehead atoms. The van der Waals surface area contributed by atoms with Gasteiger partial charge in [0, 0.05) is 198 Å². The van der Waals surface area contributed by atoms with E-state index in [2.05, 4.69) is 191 Å². The summed E-state index contributed by atoms with van der Waals surface area (Å²) in [5, 5.41) is 20.2. The first-order chi connectivity index (χ1) is 56.3. The number of piperazine rings is 5. The predicted octanol–water partition coefficient (Wildman–Crippen LogP) is 9.45. The van der Waals surface area contributed by atoms with Crippen LogP contribution in [-0.2, 0) is 41.4 Å². The third-order valence-electron chi connectivity index (χ3n) is 22.5. The quantitative estimate of drug-likeness (QED) is 0.0676. The van der Waals surface area contributed by atoms with Gasteiger partial charge in [0.1, 0.15) is 12.7 Å². The summed E-state index contributed by atoms with van der Waals surface area (Å²) in [4.78, 5) is 54.2. The molecular weight excluding hydrogens is 1490 g/mol. The Bertz CT molecular complexity index is 4780. The third-order valence-corrected chi connectivity index (χ3v) is 22.8. The minimum Gasteiger partial charge on any atom is -0.399 e. The average molecular weight is 1610 g/mol. The SMILES string of the molecule is CN1CCNCC1.Cc1cc(-c2c(-c3ccccc3)nc(N)n3cnnc23)cc(CN2CCN(C)CC2)n1.Cc1cc(-c2c(-c3ccccc3)nc(N)n3cnnc23)cc(CN2CCN(C)CC2)n1.Cc1cc(B2OC(C)(C)C(C)(C)O2)cc(CN2CCN(C)CC2)n1.Cc1cccc(CCl)n1.Cc1cccc(CN2CCN(C)CC2)n1.[HH]. The summed E-state index contributed by atoms with van der Waals surface area (Å²) in [7, 11) is 10.5. The molecule has 0 radical (unpaired) electrons. The molecule has 17 rings (SSSR count). The van der Waals surface area contributed by atoms with Crippen molar-refractivity contribution in [2.24, 2.45) is 0 Å². The lowest BCUT2D eigenvalue weighted by Gasteiger charge is -2.32. The van der Waals surface area contributed by atoms with E-state index in [0.29, 0.717) is 29.1 Å². The molecule has 0 atom stereocenters. The number of rotatable bonds is 14. The predicted molar refractivity (Wildman–Crippen MR) is 473 cm³/mol. The van der Waals surface area contributed by atoms with E-state index in [1.54, 1.807) is 21.5 Å². The molecule has 6 saturated heterocycles. The first-order valence-corrected chi connectivity index (χ1v) is 41.6. The lowest BCUT2D eigenvalue weighted by Crippen LogP contribution is -2.44. The third kappa shape index (κ3) is 24.3. The summed E-state index contributed by atoms with van der Waals surface area (Å²) in [6, 6.07) is 44.9. The fourth-order valence-electron chi connectivity index (χ4n) is 14.9. The normalized spacial score (nSPS) is 18.0. The number of nitrogens with two attached hydrogens (primary N) is 2. The van der Waals surface area contributed by atoms with E-state index < -0.39 is 0 Å². The van der Waals surface area contributed by atoms with Crippen LogP contribution in [0.5, 0.6) is 0 Å². The van der Waals surface area contributed by atoms with Crippen molar-refractivity contribution >= 4 is 47.4 Å². The summed E-state index contributed by atoms with van der Waals surface area (Å²) >= 11 is 5.54. The van der Waals surface area contributed by atoms with Crippen molar-refractivity contribution in [1.82, 2.24) is 113 Å². The number of anilines is 2. The highest BCUT2D eigenvalue weighted by atomic mass is 35.5. The number of nitrogens with one attached hydrogen (secondary N) is 1. The van der Waals surface area contributed by atoms with Crippen LogP contribution in [0.4, 0.5) is 11.9 Å². The van der Waals surface area contributed by atoms with Crippen LogP contribution >= 0.6 is 11.6 Å². The zero-order chi connectivity index (χ0) is 82.8. The van der Waals surface area contributed by atoms with Gasteiger partial charge in [-0.25, -0.2) is 9.97 Å². The van der Waals surface area contributed by atoms with Gasteiger partial charge in [0.05, 0.1) is 68.1 Å². The molecule has 0 saturated carbocycles. The molecule has 0 aliphatic carbocycles. The van der Waals surface area contributed by atoms with Crippen molar-refractivity contribution in [3.63, 3.8) is 0 Å². The molecule has 0 spiro atoms. The van der Waals surface area contributed by atoms with Gasteiger partial charge in [0.25, 0.3) is 0 Å². The van der Waals surface area contributed by atoms with Crippen molar-refractivity contribution in [2.45, 2.75) is 106 Å². The van der Waals surface area contributed by atoms with Crippen LogP contribution in [-0.4, -0.2) is 293 Å². The van der Waals surface area contributed by atoms with E-state index in [-0.39, 0.29) is 19.7 Å². The molecule has 6 fully saturated rings. The Morgan fingerprint density at radius 1 is 0.385 bits per heavy atom. The fourth-order valence-corrected chi connectivity index (χ4v) is 15.1. The molecular formula is C88H123BClN25O2. The lowest BCUT2D eigenvalue weighted by atomic mass is 9.79. The van der Waals surface area contributed by atoms with Crippen molar-refractivity contribution in [3.8, 4) is 44.8 Å². The van der Waals surface area contributed by atoms with Crippen LogP contribution in [0, 0.1) is 34.6 Å². The van der Waals surface area contributed by atoms with E-state index in [9.17, 15) is 0 Å². The number of nitrogen functional groups attached to an aromatic ring is 2. The second-order valence-electron chi connectivity index (χ2n) is 32.8. The van der Waals surface area contributed by atoms with Gasteiger partial charge in [-0.2, -0.15) is 0 Å². The van der Waals surface area contributed by atoms with Crippen LogP contribution in [0.2, 0.25) is 0 Å². The number of fused-ring (bicyclic) bond motifs is 2. The van der Waals surface area contributed by atoms with Crippen LogP contribution in [0.3, 0.4) is 0 Å². The first-order valence-electron chi connectivity index (χ1n) is 41.1. The minimum atomic E-state index is -0.317. The maximum atomic E-state index is 6.23. The molecule has 27 nitrogen and oxygen atoms in total. The number of pyridine rings is 5. The first kappa shape index (κ1) is 87.1. The largest absolute Gasteiger partial charge is 0.494 e. The highest BCUT2D eigenvalue weighted by Gasteiger charge is 2.52. The summed E-state index contributed by atoms with van der Waals surface area (Å²) < 4.78 is 15.9. The summed E-state index contributed by atoms with van der Waals surface area (Å²) in [5.41, 5.74) is 32.2. The Morgan fingerprint density at radius 2 is 0.726 bits per heavy atom. The zero-order valence-electron chi connectivity index (χ0n) is 71.3. The lowest BCUT2D eigenvalue weighted by molar-refractivity contribution is 0.00578. The second-order valence-corrected chi connectivity index (χ2v) is 33.1. The van der Waals surface area contributed by atoms with Gasteiger partial charge in [-0.05, 0) is 175 Å². The van der Waals surface area contributed by atoms with Gasteiger partial charge < -0.3 is 50.6 Å². The summed E-state index contributed by atoms with van der Waals surface area (Å²) in [5.74, 6) is 1.24. The monoisotopic (exact) mass is 1610 g/mol. The van der Waals surface area contributed by atoms with E-state index >= 15 is 0 Å². The standard InChI is InChI=1S/2C23H26N8.C18H30BN3O2.C12H19N3.C7H8ClN.C5H12N2.H2/c2*1-16-12-18(13-19(26-16)14-30-10-8-29(2)9-11-30)20-21(17-6-4-3-5-7-17)27-23(24)31-15-25-28-22(20)31;1-14-11-15(19-23-17(2,3)18(4,5)24-19)12-16(20-14)13-22-9-7-21(6)8-10-22;1-11-4-3-5-12(13-11)10-15-8-6-14(2)7-9-15;1-6-3-2-4-7(5-8)9-6;1-7-4-2-6-3-5-7;/h2*3-7,12-13,15H,8-11,14H2,1-2H3,(H2,24,27);11-12H,7-10,13H2,1-6H3;3-5H,6-10H2,1-2H3;2-4H,5H2,1H3;6H,2-5H2,1H3;1H. The van der Waals surface area contributed by atoms with Crippen LogP contribution < -0.4 is 22.2 Å². The molecule has 5 N–H and O–H groups in total. The molecule has 29 heteroatoms. The number of benzene rings is 2. The highest BCUT2D eigenvalue weighted by Crippen LogP contribution is 2.39. The Labute approximate surface area is 698 Å². The molecule has 2 aromatic carbocycles. The van der Waals surface area contributed by atoms with Crippen LogP contribution in [0.1, 0.15) is 86.1 Å². The molecule has 15 heterocycles. The van der Waals surface area contributed by atoms with Gasteiger partial charge in [-0.1, -0.05) is 72.8 Å². The van der Waals surface area contributed by atoms with Gasteiger partial charge in [-0.15, -0.1) is 32.0 Å². The fraction of sp³-hybridized carbons (Fsp3) is 0.466. The Hall–Kier alpha value is -9.24. The average Bonchev–Trinajstić information content (AvgIpc) is 1.47. The Morgan fingerprint density at radius 3 is 1.09 bits per heavy atom. The van der Waals surface area contributed by atoms with Gasteiger partial charge in [0.15, 0.2) is 11.3 Å². The molecule has 0 amide bonds. The number of hydrogen-bond donors (Lipinski definition) is 3. The van der Waals surface area contributed by atoms with Crippen molar-refractivity contribution in [1.29, 1.82) is 0 Å². The number of alkyl halides is 1. The second kappa shape index (κ2) is 41.0. The number of aryl methyl sites for hydroxylation is 5. The molecule has 6 aliphatic heterocycles. The van der Waals surface area contributed by atoms with Crippen molar-refractivity contribution in [3.05, 3.63) is 203 Å². The number of nitrogens with zero attached hydrogens (tertiary/aromatic N) is 22. The van der Waals surface area contributed by atoms with E-state index in [0.717, 1.165) is 232 Å². The molecule has 0 unspecified atom stereocenters. The topological polar surface area (TPSA) is 262 Å². The number of halogens is 1. The summed E-state index contributed by atoms with van der Waals surface area (Å²) in [6.07, 6.45) is 3.21. The van der Waals surface area contributed by atoms with Crippen LogP contribution in [0.15, 0.2) is 146 Å². The maximum Gasteiger partial charge on any atom is 0.494 e. The van der Waals surface area contributed by atoms with Crippen molar-refractivity contribution < 1.29 is 10.7 Å². The Balaban J connectivity index is 0.000000147. The van der Waals surface area contributed by atoms with Crippen LogP contribution in [0.25, 0.3) is 56.1 Å². The zero-order valence-corrected chi connectivity index (χ0v) is 72.1. The minimum absolute atomic E-state index is 0. The van der Waals surface area contributed by atoms with Gasteiger partial charge in [-0.3, -0.25) is 53.3 Å². The molecule has 117 heavy (non-hydrogen) atoms.